The third-order valence-electron chi connectivity index (χ3n) is 3.20. The van der Waals surface area contributed by atoms with Crippen LogP contribution in [0.1, 0.15) is 21.5 Å². The molecular weight excluding hydrogens is 413 g/mol. The standard InChI is InChI=1S/C15H14O7S.Y/c1-8-3-4-9(11(16)5-8)15(18)10-6-14(23(19,20)21)13(22-2)7-12(10)17;/h3-7,16-17H,1-2H3,(H,19,20,21);. The Hall–Kier alpha value is -1.48. The zero-order chi connectivity index (χ0) is 17.4. The van der Waals surface area contributed by atoms with Crippen LogP contribution in [0.4, 0.5) is 0 Å². The molecule has 0 aliphatic carbocycles. The Morgan fingerprint density at radius 3 is 2.12 bits per heavy atom. The number of hydrogen-bond acceptors (Lipinski definition) is 6. The molecule has 2 rings (SSSR count). The van der Waals surface area contributed by atoms with E-state index in [4.69, 9.17) is 4.74 Å². The van der Waals surface area contributed by atoms with Gasteiger partial charge in [-0.3, -0.25) is 9.35 Å². The van der Waals surface area contributed by atoms with E-state index in [1.807, 2.05) is 0 Å². The Bertz CT molecular complexity index is 891. The van der Waals surface area contributed by atoms with Gasteiger partial charge in [-0.05, 0) is 30.7 Å². The summed E-state index contributed by atoms with van der Waals surface area (Å²) in [7, 11) is -3.52. The number of phenolic OH excluding ortho intramolecular Hbond substituents is 2. The van der Waals surface area contributed by atoms with Gasteiger partial charge >= 0.3 is 0 Å². The Labute approximate surface area is 163 Å². The fourth-order valence-electron chi connectivity index (χ4n) is 2.07. The number of aryl methyl sites for hydroxylation is 1. The largest absolute Gasteiger partial charge is 0.507 e. The predicted molar refractivity (Wildman–Crippen MR) is 80.7 cm³/mol. The van der Waals surface area contributed by atoms with Gasteiger partial charge in [-0.15, -0.1) is 0 Å². The van der Waals surface area contributed by atoms with Crippen LogP contribution < -0.4 is 4.74 Å². The van der Waals surface area contributed by atoms with E-state index in [0.29, 0.717) is 0 Å². The first-order chi connectivity index (χ1) is 10.6. The van der Waals surface area contributed by atoms with E-state index in [-0.39, 0.29) is 49.8 Å². The predicted octanol–water partition coefficient (Wildman–Crippen LogP) is 1.89. The van der Waals surface area contributed by atoms with Crippen molar-refractivity contribution < 1.29 is 65.4 Å². The van der Waals surface area contributed by atoms with E-state index < -0.39 is 32.1 Å². The number of carbonyl (C=O) groups is 1. The van der Waals surface area contributed by atoms with Crippen molar-refractivity contribution in [3.05, 3.63) is 47.0 Å². The van der Waals surface area contributed by atoms with Crippen molar-refractivity contribution >= 4 is 15.9 Å². The minimum atomic E-state index is -4.67. The van der Waals surface area contributed by atoms with Crippen LogP contribution >= 0.6 is 0 Å². The molecule has 0 spiro atoms. The summed E-state index contributed by atoms with van der Waals surface area (Å²) in [5, 5.41) is 19.8. The summed E-state index contributed by atoms with van der Waals surface area (Å²) in [6.07, 6.45) is 0. The number of hydrogen-bond donors (Lipinski definition) is 3. The van der Waals surface area contributed by atoms with E-state index in [1.54, 1.807) is 13.0 Å². The minimum Gasteiger partial charge on any atom is -0.507 e. The van der Waals surface area contributed by atoms with Crippen LogP contribution in [-0.2, 0) is 42.8 Å². The molecule has 0 aromatic heterocycles. The van der Waals surface area contributed by atoms with E-state index in [0.717, 1.165) is 24.8 Å². The number of ketones is 1. The molecule has 2 aromatic rings. The molecular formula is C15H14O7SY. The first-order valence-electron chi connectivity index (χ1n) is 6.38. The third-order valence-corrected chi connectivity index (χ3v) is 4.08. The fourth-order valence-corrected chi connectivity index (χ4v) is 2.73. The van der Waals surface area contributed by atoms with Crippen molar-refractivity contribution in [2.75, 3.05) is 7.11 Å². The number of aromatic hydroxyl groups is 2. The van der Waals surface area contributed by atoms with Crippen LogP contribution in [0.25, 0.3) is 0 Å². The number of methoxy groups -OCH3 is 1. The van der Waals surface area contributed by atoms with Crippen LogP contribution in [-0.4, -0.2) is 36.1 Å². The summed E-state index contributed by atoms with van der Waals surface area (Å²) >= 11 is 0. The molecule has 9 heteroatoms. The molecule has 0 saturated heterocycles. The zero-order valence-electron chi connectivity index (χ0n) is 12.8. The monoisotopic (exact) mass is 427 g/mol. The molecule has 125 valence electrons. The first-order valence-corrected chi connectivity index (χ1v) is 7.82. The van der Waals surface area contributed by atoms with Crippen LogP contribution in [0.5, 0.6) is 17.2 Å². The van der Waals surface area contributed by atoms with Crippen LogP contribution in [0, 0.1) is 6.92 Å². The van der Waals surface area contributed by atoms with Gasteiger partial charge in [-0.25, -0.2) is 0 Å². The van der Waals surface area contributed by atoms with E-state index in [1.165, 1.54) is 12.1 Å². The number of rotatable bonds is 4. The molecule has 2 aromatic carbocycles. The zero-order valence-corrected chi connectivity index (χ0v) is 16.5. The van der Waals surface area contributed by atoms with Crippen LogP contribution in [0.15, 0.2) is 35.2 Å². The number of ether oxygens (including phenoxy) is 1. The normalized spacial score (nSPS) is 10.8. The first kappa shape index (κ1) is 20.6. The van der Waals surface area contributed by atoms with Gasteiger partial charge in [0.05, 0.1) is 18.2 Å². The van der Waals surface area contributed by atoms with Crippen molar-refractivity contribution in [3.63, 3.8) is 0 Å². The Kier molecular flexibility index (Phi) is 6.52. The maximum atomic E-state index is 12.4. The van der Waals surface area contributed by atoms with Crippen molar-refractivity contribution in [2.24, 2.45) is 0 Å². The second-order valence-electron chi connectivity index (χ2n) is 4.85. The Balaban J connectivity index is 0.00000288. The quantitative estimate of drug-likeness (QED) is 0.503. The van der Waals surface area contributed by atoms with E-state index >= 15 is 0 Å². The van der Waals surface area contributed by atoms with Gasteiger partial charge < -0.3 is 14.9 Å². The van der Waals surface area contributed by atoms with Crippen molar-refractivity contribution in [1.82, 2.24) is 0 Å². The molecule has 0 fully saturated rings. The van der Waals surface area contributed by atoms with Gasteiger partial charge in [0.25, 0.3) is 10.1 Å². The van der Waals surface area contributed by atoms with Crippen LogP contribution in [0.3, 0.4) is 0 Å². The summed E-state index contributed by atoms with van der Waals surface area (Å²) in [4.78, 5) is 11.8. The molecule has 0 unspecified atom stereocenters. The molecule has 0 atom stereocenters. The smallest absolute Gasteiger partial charge is 0.298 e. The number of phenols is 2. The molecule has 7 nitrogen and oxygen atoms in total. The third kappa shape index (κ3) is 4.13. The van der Waals surface area contributed by atoms with E-state index in [2.05, 4.69) is 0 Å². The average Bonchev–Trinajstić information content (AvgIpc) is 2.45. The summed E-state index contributed by atoms with van der Waals surface area (Å²) in [5.41, 5.74) is 0.214. The van der Waals surface area contributed by atoms with Crippen molar-refractivity contribution in [1.29, 1.82) is 0 Å². The minimum absolute atomic E-state index is 0. The fraction of sp³-hybridized carbons (Fsp3) is 0.133. The van der Waals surface area contributed by atoms with E-state index in [9.17, 15) is 28.0 Å². The Morgan fingerprint density at radius 1 is 1.04 bits per heavy atom. The van der Waals surface area contributed by atoms with Gasteiger partial charge in [-0.1, -0.05) is 6.07 Å². The maximum absolute atomic E-state index is 12.4. The molecule has 24 heavy (non-hydrogen) atoms. The van der Waals surface area contributed by atoms with Crippen molar-refractivity contribution in [3.8, 4) is 17.2 Å². The summed E-state index contributed by atoms with van der Waals surface area (Å²) in [5.74, 6) is -1.96. The van der Waals surface area contributed by atoms with Gasteiger partial charge in [0.1, 0.15) is 22.1 Å². The van der Waals surface area contributed by atoms with Crippen molar-refractivity contribution in [2.45, 2.75) is 11.8 Å². The Morgan fingerprint density at radius 2 is 1.62 bits per heavy atom. The maximum Gasteiger partial charge on any atom is 0.298 e. The van der Waals surface area contributed by atoms with Crippen LogP contribution in [0.2, 0.25) is 0 Å². The topological polar surface area (TPSA) is 121 Å². The molecule has 0 aliphatic heterocycles. The van der Waals surface area contributed by atoms with Gasteiger partial charge in [-0.2, -0.15) is 8.42 Å². The SMILES string of the molecule is COc1cc(O)c(C(=O)c2ccc(C)cc2O)cc1S(=O)(=O)O.[Y]. The molecule has 0 bridgehead atoms. The molecule has 0 saturated carbocycles. The summed E-state index contributed by atoms with van der Waals surface area (Å²) in [6.45, 7) is 1.72. The molecule has 3 N–H and O–H groups in total. The summed E-state index contributed by atoms with van der Waals surface area (Å²) < 4.78 is 36.7. The summed E-state index contributed by atoms with van der Waals surface area (Å²) in [6, 6.07) is 5.99. The van der Waals surface area contributed by atoms with Gasteiger partial charge in [0.15, 0.2) is 0 Å². The number of carbonyl (C=O) groups excluding carboxylic acids is 1. The second-order valence-corrected chi connectivity index (χ2v) is 6.23. The second kappa shape index (κ2) is 7.61. The van der Waals surface area contributed by atoms with Gasteiger partial charge in [0.2, 0.25) is 5.78 Å². The molecule has 0 aliphatic rings. The van der Waals surface area contributed by atoms with Gasteiger partial charge in [0, 0.05) is 38.8 Å². The average molecular weight is 427 g/mol. The molecule has 0 heterocycles. The number of benzene rings is 2. The molecule has 1 radical (unpaired) electrons. The molecule has 0 amide bonds.